The minimum Gasteiger partial charge on any atom is -0.472 e. The van der Waals surface area contributed by atoms with E-state index in [2.05, 4.69) is 152 Å². The molecule has 0 spiro atoms. The third kappa shape index (κ3) is 6.90. The van der Waals surface area contributed by atoms with Gasteiger partial charge in [-0.25, -0.2) is 15.0 Å². The molecule has 0 aliphatic carbocycles. The molecule has 64 heavy (non-hydrogen) atoms. The third-order valence-corrected chi connectivity index (χ3v) is 12.0. The van der Waals surface area contributed by atoms with Gasteiger partial charge in [0.25, 0.3) is 0 Å². The lowest BCUT2D eigenvalue weighted by molar-refractivity contribution is 0.153. The van der Waals surface area contributed by atoms with Gasteiger partial charge in [-0.2, -0.15) is 5.26 Å². The Labute approximate surface area is 372 Å². The number of rotatable bonds is 8. The van der Waals surface area contributed by atoms with Crippen LogP contribution in [0.1, 0.15) is 22.3 Å². The summed E-state index contributed by atoms with van der Waals surface area (Å²) < 4.78 is 7.60. The van der Waals surface area contributed by atoms with Gasteiger partial charge < -0.3 is 4.74 Å². The average Bonchev–Trinajstić information content (AvgIpc) is 3.39. The standard InChI is InChI=1S/C59H38N4O/c60-39-40-29-34-51-52-27-16-28-53(55(52)64-59(54(51)35-40,49-23-12-4-13-24-49)50-25-14-5-15-26-50)58-62-56(45-32-30-44(31-33-45)41-17-6-1-7-18-41)61-57(63-58)48-37-46(42-19-8-2-9-20-42)36-47(38-48)43-21-10-3-11-22-43/h1-38H. The van der Waals surface area contributed by atoms with Crippen LogP contribution in [0.5, 0.6) is 5.75 Å². The lowest BCUT2D eigenvalue weighted by Crippen LogP contribution is -2.39. The van der Waals surface area contributed by atoms with Gasteiger partial charge in [-0.05, 0) is 75.3 Å². The smallest absolute Gasteiger partial charge is 0.185 e. The zero-order chi connectivity index (χ0) is 42.9. The Balaban J connectivity index is 1.16. The van der Waals surface area contributed by atoms with Crippen molar-refractivity contribution < 1.29 is 4.74 Å². The largest absolute Gasteiger partial charge is 0.472 e. The summed E-state index contributed by atoms with van der Waals surface area (Å²) in [4.78, 5) is 15.9. The molecule has 0 radical (unpaired) electrons. The molecule has 5 heteroatoms. The molecule has 300 valence electrons. The molecule has 11 rings (SSSR count). The highest BCUT2D eigenvalue weighted by Gasteiger charge is 2.45. The van der Waals surface area contributed by atoms with E-state index in [1.165, 1.54) is 0 Å². The van der Waals surface area contributed by atoms with Crippen molar-refractivity contribution in [1.82, 2.24) is 15.0 Å². The second-order valence-electron chi connectivity index (χ2n) is 15.9. The van der Waals surface area contributed by atoms with E-state index in [1.54, 1.807) is 0 Å². The maximum absolute atomic E-state index is 10.2. The van der Waals surface area contributed by atoms with Crippen LogP contribution in [0.15, 0.2) is 231 Å². The summed E-state index contributed by atoms with van der Waals surface area (Å²) in [7, 11) is 0. The summed E-state index contributed by atoms with van der Waals surface area (Å²) in [6.07, 6.45) is 0. The van der Waals surface area contributed by atoms with E-state index >= 15 is 0 Å². The van der Waals surface area contributed by atoms with Crippen LogP contribution >= 0.6 is 0 Å². The minimum atomic E-state index is -1.12. The first-order chi connectivity index (χ1) is 31.6. The topological polar surface area (TPSA) is 71.7 Å². The number of hydrogen-bond acceptors (Lipinski definition) is 5. The van der Waals surface area contributed by atoms with E-state index in [0.717, 1.165) is 77.9 Å². The van der Waals surface area contributed by atoms with Crippen molar-refractivity contribution in [1.29, 1.82) is 5.26 Å². The highest BCUT2D eigenvalue weighted by molar-refractivity contribution is 5.87. The van der Waals surface area contributed by atoms with E-state index in [1.807, 2.05) is 84.9 Å². The number of aromatic nitrogens is 3. The minimum absolute atomic E-state index is 0.475. The van der Waals surface area contributed by atoms with E-state index in [0.29, 0.717) is 28.8 Å². The fourth-order valence-corrected chi connectivity index (χ4v) is 8.87. The molecule has 0 fully saturated rings. The van der Waals surface area contributed by atoms with Gasteiger partial charge in [0.2, 0.25) is 0 Å². The Morgan fingerprint density at radius 2 is 0.781 bits per heavy atom. The summed E-state index contributed by atoms with van der Waals surface area (Å²) in [5, 5.41) is 10.2. The Morgan fingerprint density at radius 3 is 1.33 bits per heavy atom. The molecular formula is C59H38N4O. The molecule has 0 unspecified atom stereocenters. The molecule has 0 N–H and O–H groups in total. The number of nitriles is 1. The van der Waals surface area contributed by atoms with Gasteiger partial charge in [0.05, 0.1) is 17.2 Å². The number of ether oxygens (including phenoxy) is 1. The number of hydrogen-bond donors (Lipinski definition) is 0. The zero-order valence-corrected chi connectivity index (χ0v) is 34.6. The lowest BCUT2D eigenvalue weighted by Gasteiger charge is -2.42. The highest BCUT2D eigenvalue weighted by Crippen LogP contribution is 2.54. The summed E-state index contributed by atoms with van der Waals surface area (Å²) in [6.45, 7) is 0. The molecule has 0 bridgehead atoms. The first kappa shape index (κ1) is 38.2. The van der Waals surface area contributed by atoms with Crippen LogP contribution in [0.2, 0.25) is 0 Å². The molecule has 2 heterocycles. The van der Waals surface area contributed by atoms with Crippen LogP contribution in [0, 0.1) is 11.3 Å². The van der Waals surface area contributed by atoms with Crippen LogP contribution in [0.25, 0.3) is 78.7 Å². The van der Waals surface area contributed by atoms with Crippen molar-refractivity contribution in [2.75, 3.05) is 0 Å². The van der Waals surface area contributed by atoms with Crippen LogP contribution in [0.4, 0.5) is 0 Å². The number of nitrogens with zero attached hydrogens (tertiary/aromatic N) is 4. The predicted octanol–water partition coefficient (Wildman–Crippen LogP) is 14.1. The van der Waals surface area contributed by atoms with E-state index in [9.17, 15) is 5.26 Å². The first-order valence-electron chi connectivity index (χ1n) is 21.3. The van der Waals surface area contributed by atoms with Crippen molar-refractivity contribution in [2.24, 2.45) is 0 Å². The van der Waals surface area contributed by atoms with Gasteiger partial charge in [-0.1, -0.05) is 194 Å². The van der Waals surface area contributed by atoms with Crippen molar-refractivity contribution in [3.8, 4) is 90.5 Å². The molecule has 0 amide bonds. The molecule has 1 aromatic heterocycles. The second-order valence-corrected chi connectivity index (χ2v) is 15.9. The number of para-hydroxylation sites is 1. The fraction of sp³-hybridized carbons (Fsp3) is 0.0169. The van der Waals surface area contributed by atoms with Crippen molar-refractivity contribution in [3.63, 3.8) is 0 Å². The number of fused-ring (bicyclic) bond motifs is 3. The Bertz CT molecular complexity index is 3230. The van der Waals surface area contributed by atoms with Crippen LogP contribution in [0.3, 0.4) is 0 Å². The lowest BCUT2D eigenvalue weighted by atomic mass is 9.74. The molecule has 10 aromatic rings. The van der Waals surface area contributed by atoms with Gasteiger partial charge in [0.15, 0.2) is 23.1 Å². The maximum atomic E-state index is 10.2. The Hall–Kier alpha value is -8.72. The molecular weight excluding hydrogens is 781 g/mol. The van der Waals surface area contributed by atoms with Crippen LogP contribution < -0.4 is 4.74 Å². The monoisotopic (exact) mass is 818 g/mol. The average molecular weight is 819 g/mol. The fourth-order valence-electron chi connectivity index (χ4n) is 8.87. The van der Waals surface area contributed by atoms with Crippen molar-refractivity contribution >= 4 is 0 Å². The van der Waals surface area contributed by atoms with Gasteiger partial charge in [0.1, 0.15) is 5.75 Å². The SMILES string of the molecule is N#Cc1ccc2c(c1)C(c1ccccc1)(c1ccccc1)Oc1c(-c3nc(-c4ccc(-c5ccccc5)cc4)nc(-c4cc(-c5ccccc5)cc(-c5ccccc5)c4)n3)cccc1-2. The van der Waals surface area contributed by atoms with Crippen molar-refractivity contribution in [3.05, 3.63) is 253 Å². The Kier molecular flexibility index (Phi) is 9.72. The predicted molar refractivity (Wildman–Crippen MR) is 256 cm³/mol. The molecule has 1 aliphatic heterocycles. The van der Waals surface area contributed by atoms with Crippen LogP contribution in [-0.4, -0.2) is 15.0 Å². The van der Waals surface area contributed by atoms with E-state index < -0.39 is 5.60 Å². The summed E-state index contributed by atoms with van der Waals surface area (Å²) in [6, 6.07) is 81.0. The normalized spacial score (nSPS) is 12.3. The van der Waals surface area contributed by atoms with E-state index in [-0.39, 0.29) is 0 Å². The third-order valence-electron chi connectivity index (χ3n) is 12.0. The maximum Gasteiger partial charge on any atom is 0.185 e. The zero-order valence-electron chi connectivity index (χ0n) is 34.6. The Morgan fingerprint density at radius 1 is 0.344 bits per heavy atom. The van der Waals surface area contributed by atoms with Crippen molar-refractivity contribution in [2.45, 2.75) is 5.60 Å². The number of benzene rings is 9. The first-order valence-corrected chi connectivity index (χ1v) is 21.3. The van der Waals surface area contributed by atoms with Gasteiger partial charge in [-0.3, -0.25) is 0 Å². The molecule has 5 nitrogen and oxygen atoms in total. The van der Waals surface area contributed by atoms with Crippen LogP contribution in [-0.2, 0) is 5.60 Å². The highest BCUT2D eigenvalue weighted by atomic mass is 16.5. The second kappa shape index (κ2) is 16.3. The summed E-state index contributed by atoms with van der Waals surface area (Å²) in [5.74, 6) is 2.18. The molecule has 0 atom stereocenters. The quantitative estimate of drug-likeness (QED) is 0.153. The van der Waals surface area contributed by atoms with E-state index in [4.69, 9.17) is 19.7 Å². The molecule has 0 saturated carbocycles. The summed E-state index contributed by atoms with van der Waals surface area (Å²) >= 11 is 0. The van der Waals surface area contributed by atoms with Gasteiger partial charge in [0, 0.05) is 33.4 Å². The molecule has 9 aromatic carbocycles. The summed E-state index contributed by atoms with van der Waals surface area (Å²) in [5.41, 5.74) is 13.0. The van der Waals surface area contributed by atoms with Gasteiger partial charge in [-0.15, -0.1) is 0 Å². The van der Waals surface area contributed by atoms with Gasteiger partial charge >= 0.3 is 0 Å². The molecule has 1 aliphatic rings. The molecule has 0 saturated heterocycles.